The first kappa shape index (κ1) is 16.3. The van der Waals surface area contributed by atoms with Gasteiger partial charge in [0.15, 0.2) is 0 Å². The molecule has 4 heterocycles. The van der Waals surface area contributed by atoms with Gasteiger partial charge in [0.2, 0.25) is 0 Å². The van der Waals surface area contributed by atoms with Crippen molar-refractivity contribution in [2.24, 2.45) is 0 Å². The first-order valence-electron chi connectivity index (χ1n) is 9.07. The van der Waals surface area contributed by atoms with E-state index in [1.807, 2.05) is 36.2 Å². The van der Waals surface area contributed by atoms with Crippen molar-refractivity contribution < 1.29 is 0 Å². The maximum Gasteiger partial charge on any atom is 0.140 e. The number of hydrogen-bond donors (Lipinski definition) is 1. The molecule has 0 amide bonds. The monoisotopic (exact) mass is 373 g/mol. The summed E-state index contributed by atoms with van der Waals surface area (Å²) in [5, 5.41) is 0. The number of rotatable bonds is 3. The Kier molecular flexibility index (Phi) is 4.26. The standard InChI is InChI=1S/C21H19N5S/c1-3-15(14-22-7-1)20-17(4-2-8-23-20)21-24-18-6-5-16(13-19(18)25-21)26-9-11-27-12-10-26/h1-8,13-14H,9-12H2,(H,24,25). The predicted octanol–water partition coefficient (Wildman–Crippen LogP) is 4.24. The van der Waals surface area contributed by atoms with Crippen LogP contribution in [-0.2, 0) is 0 Å². The molecule has 1 fully saturated rings. The van der Waals surface area contributed by atoms with Gasteiger partial charge in [0, 0.05) is 60.0 Å². The maximum atomic E-state index is 4.82. The SMILES string of the molecule is c1cncc(-c2ncccc2-c2nc3ccc(N4CCSCC4)cc3[nH]2)c1. The van der Waals surface area contributed by atoms with Gasteiger partial charge in [-0.25, -0.2) is 4.98 Å². The van der Waals surface area contributed by atoms with Crippen LogP contribution in [0, 0.1) is 0 Å². The topological polar surface area (TPSA) is 57.7 Å². The summed E-state index contributed by atoms with van der Waals surface area (Å²) in [5.41, 5.74) is 6.15. The third kappa shape index (κ3) is 3.17. The van der Waals surface area contributed by atoms with Gasteiger partial charge in [-0.3, -0.25) is 9.97 Å². The molecule has 0 radical (unpaired) electrons. The van der Waals surface area contributed by atoms with E-state index in [4.69, 9.17) is 4.98 Å². The zero-order valence-corrected chi connectivity index (χ0v) is 15.6. The van der Waals surface area contributed by atoms with Crippen molar-refractivity contribution >= 4 is 28.5 Å². The van der Waals surface area contributed by atoms with Gasteiger partial charge in [-0.15, -0.1) is 0 Å². The molecule has 1 saturated heterocycles. The molecule has 1 aliphatic heterocycles. The van der Waals surface area contributed by atoms with Crippen molar-refractivity contribution in [2.45, 2.75) is 0 Å². The van der Waals surface area contributed by atoms with E-state index >= 15 is 0 Å². The average Bonchev–Trinajstić information content (AvgIpc) is 3.18. The van der Waals surface area contributed by atoms with Crippen molar-refractivity contribution in [1.82, 2.24) is 19.9 Å². The summed E-state index contributed by atoms with van der Waals surface area (Å²) in [5.74, 6) is 3.22. The Bertz CT molecular complexity index is 1070. The molecule has 6 heteroatoms. The number of imidazole rings is 1. The lowest BCUT2D eigenvalue weighted by molar-refractivity contribution is 0.859. The lowest BCUT2D eigenvalue weighted by Gasteiger charge is -2.28. The van der Waals surface area contributed by atoms with E-state index in [1.165, 1.54) is 17.2 Å². The van der Waals surface area contributed by atoms with Crippen molar-refractivity contribution in [1.29, 1.82) is 0 Å². The molecule has 0 saturated carbocycles. The third-order valence-electron chi connectivity index (χ3n) is 4.84. The van der Waals surface area contributed by atoms with E-state index in [0.717, 1.165) is 46.8 Å². The highest BCUT2D eigenvalue weighted by atomic mass is 32.2. The Morgan fingerprint density at radius 1 is 1.00 bits per heavy atom. The number of hydrogen-bond acceptors (Lipinski definition) is 5. The largest absolute Gasteiger partial charge is 0.370 e. The van der Waals surface area contributed by atoms with Crippen LogP contribution in [0.3, 0.4) is 0 Å². The second kappa shape index (κ2) is 7.04. The Morgan fingerprint density at radius 3 is 2.74 bits per heavy atom. The maximum absolute atomic E-state index is 4.82. The van der Waals surface area contributed by atoms with Crippen LogP contribution in [0.25, 0.3) is 33.7 Å². The zero-order valence-electron chi connectivity index (χ0n) is 14.8. The number of nitrogens with one attached hydrogen (secondary N) is 1. The Morgan fingerprint density at radius 2 is 1.89 bits per heavy atom. The molecular weight excluding hydrogens is 354 g/mol. The number of benzene rings is 1. The number of thioether (sulfide) groups is 1. The van der Waals surface area contributed by atoms with Crippen molar-refractivity contribution in [3.05, 3.63) is 61.1 Å². The highest BCUT2D eigenvalue weighted by molar-refractivity contribution is 7.99. The van der Waals surface area contributed by atoms with Crippen LogP contribution >= 0.6 is 11.8 Å². The van der Waals surface area contributed by atoms with E-state index < -0.39 is 0 Å². The second-order valence-electron chi connectivity index (χ2n) is 6.53. The number of aromatic nitrogens is 4. The fourth-order valence-electron chi connectivity index (χ4n) is 3.47. The average molecular weight is 373 g/mol. The molecule has 0 bridgehead atoms. The van der Waals surface area contributed by atoms with E-state index in [2.05, 4.69) is 44.1 Å². The zero-order chi connectivity index (χ0) is 18.1. The minimum Gasteiger partial charge on any atom is -0.370 e. The number of aromatic amines is 1. The molecule has 4 aromatic rings. The van der Waals surface area contributed by atoms with Crippen LogP contribution in [0.1, 0.15) is 0 Å². The molecular formula is C21H19N5S. The number of fused-ring (bicyclic) bond motifs is 1. The summed E-state index contributed by atoms with van der Waals surface area (Å²) in [6.45, 7) is 2.20. The van der Waals surface area contributed by atoms with E-state index in [9.17, 15) is 0 Å². The molecule has 1 N–H and O–H groups in total. The lowest BCUT2D eigenvalue weighted by Crippen LogP contribution is -2.32. The van der Waals surface area contributed by atoms with E-state index in [-0.39, 0.29) is 0 Å². The first-order valence-corrected chi connectivity index (χ1v) is 10.2. The number of anilines is 1. The third-order valence-corrected chi connectivity index (χ3v) is 5.78. The normalized spacial score (nSPS) is 14.6. The van der Waals surface area contributed by atoms with Gasteiger partial charge < -0.3 is 9.88 Å². The first-order chi connectivity index (χ1) is 13.4. The highest BCUT2D eigenvalue weighted by Gasteiger charge is 2.15. The number of pyridine rings is 2. The molecule has 5 rings (SSSR count). The molecule has 5 nitrogen and oxygen atoms in total. The van der Waals surface area contributed by atoms with Gasteiger partial charge in [0.25, 0.3) is 0 Å². The van der Waals surface area contributed by atoms with Crippen LogP contribution in [0.15, 0.2) is 61.1 Å². The molecule has 0 aliphatic carbocycles. The molecule has 0 unspecified atom stereocenters. The highest BCUT2D eigenvalue weighted by Crippen LogP contribution is 2.30. The van der Waals surface area contributed by atoms with Crippen molar-refractivity contribution in [3.8, 4) is 22.6 Å². The van der Waals surface area contributed by atoms with E-state index in [0.29, 0.717) is 0 Å². The van der Waals surface area contributed by atoms with Gasteiger partial charge in [-0.1, -0.05) is 0 Å². The quantitative estimate of drug-likeness (QED) is 0.582. The van der Waals surface area contributed by atoms with Crippen LogP contribution in [0.5, 0.6) is 0 Å². The fraction of sp³-hybridized carbons (Fsp3) is 0.190. The van der Waals surface area contributed by atoms with Crippen LogP contribution < -0.4 is 4.90 Å². The minimum absolute atomic E-state index is 0.836. The van der Waals surface area contributed by atoms with Crippen molar-refractivity contribution in [3.63, 3.8) is 0 Å². The van der Waals surface area contributed by atoms with Crippen LogP contribution in [0.2, 0.25) is 0 Å². The van der Waals surface area contributed by atoms with E-state index in [1.54, 1.807) is 12.4 Å². The van der Waals surface area contributed by atoms with Crippen LogP contribution in [0.4, 0.5) is 5.69 Å². The molecule has 0 atom stereocenters. The summed E-state index contributed by atoms with van der Waals surface area (Å²) in [6.07, 6.45) is 5.41. The molecule has 0 spiro atoms. The smallest absolute Gasteiger partial charge is 0.140 e. The van der Waals surface area contributed by atoms with Gasteiger partial charge in [-0.2, -0.15) is 11.8 Å². The number of nitrogens with zero attached hydrogens (tertiary/aromatic N) is 4. The Balaban J connectivity index is 1.56. The van der Waals surface area contributed by atoms with Crippen LogP contribution in [-0.4, -0.2) is 44.5 Å². The number of H-pyrrole nitrogens is 1. The van der Waals surface area contributed by atoms with Gasteiger partial charge in [0.1, 0.15) is 5.82 Å². The predicted molar refractivity (Wildman–Crippen MR) is 112 cm³/mol. The summed E-state index contributed by atoms with van der Waals surface area (Å²) >= 11 is 2.02. The molecule has 27 heavy (non-hydrogen) atoms. The molecule has 134 valence electrons. The molecule has 3 aromatic heterocycles. The van der Waals surface area contributed by atoms with Gasteiger partial charge in [0.05, 0.1) is 16.7 Å². The van der Waals surface area contributed by atoms with Crippen molar-refractivity contribution in [2.75, 3.05) is 29.5 Å². The molecule has 1 aromatic carbocycles. The Labute approximate surface area is 161 Å². The lowest BCUT2D eigenvalue weighted by atomic mass is 10.1. The fourth-order valence-corrected chi connectivity index (χ4v) is 4.38. The summed E-state index contributed by atoms with van der Waals surface area (Å²) in [6, 6.07) is 14.4. The van der Waals surface area contributed by atoms with Gasteiger partial charge in [-0.05, 0) is 42.5 Å². The summed E-state index contributed by atoms with van der Waals surface area (Å²) in [7, 11) is 0. The second-order valence-corrected chi connectivity index (χ2v) is 7.75. The minimum atomic E-state index is 0.836. The molecule has 1 aliphatic rings. The Hall–Kier alpha value is -2.86. The van der Waals surface area contributed by atoms with Gasteiger partial charge >= 0.3 is 0 Å². The summed E-state index contributed by atoms with van der Waals surface area (Å²) in [4.78, 5) is 19.6. The summed E-state index contributed by atoms with van der Waals surface area (Å²) < 4.78 is 0.